The van der Waals surface area contributed by atoms with E-state index in [1.165, 1.54) is 0 Å². The summed E-state index contributed by atoms with van der Waals surface area (Å²) < 4.78 is 1.99. The van der Waals surface area contributed by atoms with E-state index in [0.717, 1.165) is 34.0 Å². The van der Waals surface area contributed by atoms with Crippen LogP contribution in [0.3, 0.4) is 0 Å². The van der Waals surface area contributed by atoms with E-state index >= 15 is 0 Å². The number of nitrogens with one attached hydrogen (secondary N) is 2. The molecule has 7 heteroatoms. The molecule has 2 heterocycles. The average Bonchev–Trinajstić information content (AvgIpc) is 3.17. The van der Waals surface area contributed by atoms with Crippen molar-refractivity contribution in [2.24, 2.45) is 5.73 Å². The Labute approximate surface area is 146 Å². The quantitative estimate of drug-likeness (QED) is 0.660. The topological polar surface area (TPSA) is 102 Å². The Morgan fingerprint density at radius 1 is 1.32 bits per heavy atom. The van der Waals surface area contributed by atoms with Crippen LogP contribution >= 0.6 is 0 Å². The molecule has 0 aliphatic heterocycles. The smallest absolute Gasteiger partial charge is 0.241 e. The maximum atomic E-state index is 12.5. The van der Waals surface area contributed by atoms with E-state index in [9.17, 15) is 4.79 Å². The first kappa shape index (κ1) is 16.9. The minimum absolute atomic E-state index is 0.232. The van der Waals surface area contributed by atoms with Crippen LogP contribution in [0.4, 0.5) is 0 Å². The van der Waals surface area contributed by atoms with Crippen molar-refractivity contribution in [1.82, 2.24) is 25.1 Å². The number of hydrogen-bond acceptors (Lipinski definition) is 4. The van der Waals surface area contributed by atoms with Gasteiger partial charge in [-0.25, -0.2) is 4.98 Å². The highest BCUT2D eigenvalue weighted by atomic mass is 16.2. The van der Waals surface area contributed by atoms with Gasteiger partial charge in [-0.2, -0.15) is 5.10 Å². The molecule has 130 valence electrons. The summed E-state index contributed by atoms with van der Waals surface area (Å²) in [5, 5.41) is 9.88. The van der Waals surface area contributed by atoms with E-state index in [1.54, 1.807) is 6.20 Å². The summed E-state index contributed by atoms with van der Waals surface area (Å²) in [7, 11) is 0. The highest BCUT2D eigenvalue weighted by Gasteiger charge is 2.22. The predicted octanol–water partition coefficient (Wildman–Crippen LogP) is 1.84. The number of rotatable bonds is 5. The van der Waals surface area contributed by atoms with E-state index in [1.807, 2.05) is 55.8 Å². The fraction of sp³-hybridized carbons (Fsp3) is 0.278. The van der Waals surface area contributed by atoms with Crippen LogP contribution in [-0.4, -0.2) is 25.7 Å². The minimum atomic E-state index is -0.749. The number of carbonyl (C=O) groups excluding carboxylic acids is 1. The molecule has 0 radical (unpaired) electrons. The van der Waals surface area contributed by atoms with Crippen molar-refractivity contribution in [3.8, 4) is 5.69 Å². The van der Waals surface area contributed by atoms with Gasteiger partial charge >= 0.3 is 0 Å². The lowest BCUT2D eigenvalue weighted by molar-refractivity contribution is -0.122. The molecule has 0 aliphatic carbocycles. The Kier molecular flexibility index (Phi) is 4.67. The van der Waals surface area contributed by atoms with E-state index in [4.69, 9.17) is 5.73 Å². The molecule has 1 aromatic carbocycles. The summed E-state index contributed by atoms with van der Waals surface area (Å²) in [5.74, 6) is 0.657. The highest BCUT2D eigenvalue weighted by molar-refractivity contribution is 5.83. The van der Waals surface area contributed by atoms with Gasteiger partial charge in [0, 0.05) is 30.2 Å². The second kappa shape index (κ2) is 6.90. The van der Waals surface area contributed by atoms with Crippen molar-refractivity contribution in [2.45, 2.75) is 33.4 Å². The number of aromatic amines is 1. The maximum absolute atomic E-state index is 12.5. The summed E-state index contributed by atoms with van der Waals surface area (Å²) in [6, 6.07) is 7.14. The number of aryl methyl sites for hydroxylation is 3. The van der Waals surface area contributed by atoms with Crippen LogP contribution in [-0.2, 0) is 11.3 Å². The number of H-pyrrole nitrogens is 1. The number of carbonyl (C=O) groups is 1. The molecule has 25 heavy (non-hydrogen) atoms. The molecular formula is C18H22N6O. The highest BCUT2D eigenvalue weighted by Crippen LogP contribution is 2.19. The molecule has 0 spiro atoms. The lowest BCUT2D eigenvalue weighted by atomic mass is 10.0. The van der Waals surface area contributed by atoms with Crippen molar-refractivity contribution < 1.29 is 4.79 Å². The van der Waals surface area contributed by atoms with Crippen LogP contribution in [0.25, 0.3) is 5.69 Å². The van der Waals surface area contributed by atoms with Gasteiger partial charge in [-0.3, -0.25) is 9.89 Å². The summed E-state index contributed by atoms with van der Waals surface area (Å²) in [5.41, 5.74) is 10.4. The Hall–Kier alpha value is -2.93. The molecular weight excluding hydrogens is 316 g/mol. The molecule has 3 rings (SSSR count). The first-order valence-electron chi connectivity index (χ1n) is 8.12. The second-order valence-corrected chi connectivity index (χ2v) is 6.02. The number of nitrogens with zero attached hydrogens (tertiary/aromatic N) is 3. The molecule has 0 fully saturated rings. The third-order valence-electron chi connectivity index (χ3n) is 4.31. The molecule has 0 bridgehead atoms. The number of nitrogens with two attached hydrogens (primary N) is 1. The number of amides is 1. The molecule has 0 unspecified atom stereocenters. The average molecular weight is 338 g/mol. The zero-order valence-electron chi connectivity index (χ0n) is 14.6. The summed E-state index contributed by atoms with van der Waals surface area (Å²) >= 11 is 0. The predicted molar refractivity (Wildman–Crippen MR) is 95.1 cm³/mol. The fourth-order valence-electron chi connectivity index (χ4n) is 2.97. The molecule has 4 N–H and O–H groups in total. The molecule has 3 aromatic rings. The molecule has 1 atom stereocenters. The monoisotopic (exact) mass is 338 g/mol. The number of imidazole rings is 1. The number of hydrogen-bond donors (Lipinski definition) is 3. The number of benzene rings is 1. The van der Waals surface area contributed by atoms with E-state index in [0.29, 0.717) is 6.54 Å². The second-order valence-electron chi connectivity index (χ2n) is 6.02. The Bertz CT molecular complexity index is 875. The van der Waals surface area contributed by atoms with Gasteiger partial charge in [-0.15, -0.1) is 0 Å². The summed E-state index contributed by atoms with van der Waals surface area (Å²) in [6.45, 7) is 6.02. The number of aromatic nitrogens is 4. The van der Waals surface area contributed by atoms with E-state index in [-0.39, 0.29) is 5.91 Å². The summed E-state index contributed by atoms with van der Waals surface area (Å²) in [4.78, 5) is 16.7. The van der Waals surface area contributed by atoms with Gasteiger partial charge in [-0.1, -0.05) is 18.2 Å². The van der Waals surface area contributed by atoms with Crippen molar-refractivity contribution in [2.75, 3.05) is 0 Å². The van der Waals surface area contributed by atoms with Crippen molar-refractivity contribution in [3.05, 3.63) is 65.0 Å². The zero-order chi connectivity index (χ0) is 18.0. The SMILES string of the molecule is Cc1n[nH]c(C)c1[C@@H](N)C(=O)NCc1ccccc1-n1ccnc1C. The lowest BCUT2D eigenvalue weighted by Gasteiger charge is -2.15. The van der Waals surface area contributed by atoms with Gasteiger partial charge < -0.3 is 15.6 Å². The Morgan fingerprint density at radius 3 is 2.72 bits per heavy atom. The molecule has 2 aromatic heterocycles. The van der Waals surface area contributed by atoms with Crippen LogP contribution < -0.4 is 11.1 Å². The van der Waals surface area contributed by atoms with Crippen LogP contribution in [0.15, 0.2) is 36.7 Å². The molecule has 0 saturated heterocycles. The van der Waals surface area contributed by atoms with Crippen molar-refractivity contribution in [3.63, 3.8) is 0 Å². The van der Waals surface area contributed by atoms with Gasteiger partial charge in [0.15, 0.2) is 0 Å². The van der Waals surface area contributed by atoms with Crippen LogP contribution in [0.5, 0.6) is 0 Å². The standard InChI is InChI=1S/C18H22N6O/c1-11-16(12(2)23-22-11)17(19)18(25)21-10-14-6-4-5-7-15(14)24-9-8-20-13(24)3/h4-9,17H,10,19H2,1-3H3,(H,21,25)(H,22,23)/t17-/m1/s1. The minimum Gasteiger partial charge on any atom is -0.350 e. The van der Waals surface area contributed by atoms with E-state index < -0.39 is 6.04 Å². The van der Waals surface area contributed by atoms with Gasteiger partial charge in [0.25, 0.3) is 0 Å². The van der Waals surface area contributed by atoms with Gasteiger partial charge in [-0.05, 0) is 32.4 Å². The van der Waals surface area contributed by atoms with Gasteiger partial charge in [0.1, 0.15) is 11.9 Å². The van der Waals surface area contributed by atoms with Crippen molar-refractivity contribution in [1.29, 1.82) is 0 Å². The Balaban J connectivity index is 1.76. The Morgan fingerprint density at radius 2 is 2.08 bits per heavy atom. The van der Waals surface area contributed by atoms with Crippen LogP contribution in [0, 0.1) is 20.8 Å². The van der Waals surface area contributed by atoms with Crippen molar-refractivity contribution >= 4 is 5.91 Å². The third kappa shape index (κ3) is 3.32. The van der Waals surface area contributed by atoms with Crippen LogP contribution in [0.1, 0.15) is 34.4 Å². The molecule has 7 nitrogen and oxygen atoms in total. The largest absolute Gasteiger partial charge is 0.350 e. The fourth-order valence-corrected chi connectivity index (χ4v) is 2.97. The maximum Gasteiger partial charge on any atom is 0.241 e. The van der Waals surface area contributed by atoms with E-state index in [2.05, 4.69) is 20.5 Å². The molecule has 1 amide bonds. The zero-order valence-corrected chi connectivity index (χ0v) is 14.6. The van der Waals surface area contributed by atoms with Gasteiger partial charge in [0.2, 0.25) is 5.91 Å². The molecule has 0 aliphatic rings. The first-order chi connectivity index (χ1) is 12.0. The first-order valence-corrected chi connectivity index (χ1v) is 8.12. The van der Waals surface area contributed by atoms with Crippen LogP contribution in [0.2, 0.25) is 0 Å². The lowest BCUT2D eigenvalue weighted by Crippen LogP contribution is -2.34. The third-order valence-corrected chi connectivity index (χ3v) is 4.31. The van der Waals surface area contributed by atoms with Gasteiger partial charge in [0.05, 0.1) is 11.4 Å². The normalized spacial score (nSPS) is 12.2. The molecule has 0 saturated carbocycles. The summed E-state index contributed by atoms with van der Waals surface area (Å²) in [6.07, 6.45) is 3.66. The number of para-hydroxylation sites is 1.